The minimum Gasteiger partial charge on any atom is -0.462 e. The van der Waals surface area contributed by atoms with Crippen LogP contribution >= 0.6 is 0 Å². The van der Waals surface area contributed by atoms with Crippen molar-refractivity contribution in [3.8, 4) is 0 Å². The van der Waals surface area contributed by atoms with Crippen LogP contribution in [0.15, 0.2) is 128 Å². The summed E-state index contributed by atoms with van der Waals surface area (Å²) in [5, 5.41) is 25.6. The van der Waals surface area contributed by atoms with Crippen LogP contribution in [0.2, 0.25) is 0 Å². The molecule has 0 spiro atoms. The SMILES string of the molecule is CCCCOC(=O)c1ccc(N=Nc2ccc(N=Nc3ccc(N=Nc4ccc(N(C)C)cc4)cc3)cc2)cc1. The summed E-state index contributed by atoms with van der Waals surface area (Å²) in [4.78, 5) is 14.0. The zero-order chi connectivity index (χ0) is 28.2. The lowest BCUT2D eigenvalue weighted by molar-refractivity contribution is 0.0500. The number of anilines is 1. The van der Waals surface area contributed by atoms with Gasteiger partial charge in [-0.15, -0.1) is 0 Å². The molecule has 0 atom stereocenters. The summed E-state index contributed by atoms with van der Waals surface area (Å²) in [5.41, 5.74) is 5.83. The zero-order valence-corrected chi connectivity index (χ0v) is 22.8. The van der Waals surface area contributed by atoms with Crippen LogP contribution in [0.4, 0.5) is 39.8 Å². The van der Waals surface area contributed by atoms with Gasteiger partial charge in [0, 0.05) is 19.8 Å². The van der Waals surface area contributed by atoms with Gasteiger partial charge in [0.2, 0.25) is 0 Å². The number of azo groups is 3. The molecule has 0 fully saturated rings. The molecular formula is C31H31N7O2. The number of benzene rings is 4. The normalized spacial score (nSPS) is 11.5. The third-order valence-corrected chi connectivity index (χ3v) is 5.74. The van der Waals surface area contributed by atoms with Gasteiger partial charge in [-0.3, -0.25) is 0 Å². The van der Waals surface area contributed by atoms with Crippen molar-refractivity contribution in [1.82, 2.24) is 0 Å². The zero-order valence-electron chi connectivity index (χ0n) is 22.8. The first-order chi connectivity index (χ1) is 19.5. The van der Waals surface area contributed by atoms with E-state index in [1.165, 1.54) is 0 Å². The molecule has 0 aliphatic heterocycles. The van der Waals surface area contributed by atoms with Crippen LogP contribution in [0.3, 0.4) is 0 Å². The van der Waals surface area contributed by atoms with E-state index in [1.807, 2.05) is 98.7 Å². The fourth-order valence-electron chi connectivity index (χ4n) is 3.39. The van der Waals surface area contributed by atoms with Gasteiger partial charge >= 0.3 is 5.97 Å². The van der Waals surface area contributed by atoms with Gasteiger partial charge in [0.25, 0.3) is 0 Å². The maximum Gasteiger partial charge on any atom is 0.338 e. The molecule has 0 amide bonds. The quantitative estimate of drug-likeness (QED) is 0.109. The lowest BCUT2D eigenvalue weighted by Crippen LogP contribution is -2.07. The highest BCUT2D eigenvalue weighted by atomic mass is 16.5. The molecule has 0 heterocycles. The maximum absolute atomic E-state index is 12.0. The summed E-state index contributed by atoms with van der Waals surface area (Å²) in [7, 11) is 3.99. The Hall–Kier alpha value is -5.05. The van der Waals surface area contributed by atoms with Crippen LogP contribution in [-0.4, -0.2) is 26.7 Å². The van der Waals surface area contributed by atoms with Crippen LogP contribution in [0.1, 0.15) is 30.1 Å². The topological polar surface area (TPSA) is 104 Å². The van der Waals surface area contributed by atoms with Gasteiger partial charge in [-0.2, -0.15) is 30.7 Å². The minimum absolute atomic E-state index is 0.329. The molecule has 4 rings (SSSR count). The first-order valence-electron chi connectivity index (χ1n) is 13.0. The predicted molar refractivity (Wildman–Crippen MR) is 158 cm³/mol. The molecule has 0 aromatic heterocycles. The van der Waals surface area contributed by atoms with Gasteiger partial charge in [0.05, 0.1) is 46.3 Å². The van der Waals surface area contributed by atoms with Crippen molar-refractivity contribution in [3.63, 3.8) is 0 Å². The molecule has 9 heteroatoms. The fraction of sp³-hybridized carbons (Fsp3) is 0.194. The van der Waals surface area contributed by atoms with E-state index in [0.29, 0.717) is 34.9 Å². The van der Waals surface area contributed by atoms with Crippen LogP contribution < -0.4 is 4.90 Å². The average Bonchev–Trinajstić information content (AvgIpc) is 2.99. The molecule has 0 radical (unpaired) electrons. The molecule has 4 aromatic carbocycles. The average molecular weight is 534 g/mol. The van der Waals surface area contributed by atoms with Crippen LogP contribution in [0.25, 0.3) is 0 Å². The summed E-state index contributed by atoms with van der Waals surface area (Å²) in [6.07, 6.45) is 1.83. The van der Waals surface area contributed by atoms with E-state index in [4.69, 9.17) is 4.74 Å². The molecule has 202 valence electrons. The third-order valence-electron chi connectivity index (χ3n) is 5.74. The Morgan fingerprint density at radius 1 is 0.575 bits per heavy atom. The molecule has 0 unspecified atom stereocenters. The molecule has 0 N–H and O–H groups in total. The predicted octanol–water partition coefficient (Wildman–Crippen LogP) is 9.96. The number of nitrogens with zero attached hydrogens (tertiary/aromatic N) is 7. The Balaban J connectivity index is 1.29. The van der Waals surface area contributed by atoms with E-state index in [-0.39, 0.29) is 5.97 Å². The van der Waals surface area contributed by atoms with Crippen molar-refractivity contribution in [1.29, 1.82) is 0 Å². The first kappa shape index (κ1) is 28.0. The molecule has 9 nitrogen and oxygen atoms in total. The van der Waals surface area contributed by atoms with Gasteiger partial charge < -0.3 is 9.64 Å². The van der Waals surface area contributed by atoms with E-state index in [2.05, 4.69) is 30.7 Å². The number of ether oxygens (including phenoxy) is 1. The molecule has 0 bridgehead atoms. The van der Waals surface area contributed by atoms with Gasteiger partial charge in [0.15, 0.2) is 0 Å². The van der Waals surface area contributed by atoms with Crippen molar-refractivity contribution in [2.45, 2.75) is 19.8 Å². The second-order valence-electron chi connectivity index (χ2n) is 9.08. The number of carbonyl (C=O) groups is 1. The van der Waals surface area contributed by atoms with Gasteiger partial charge in [0.1, 0.15) is 0 Å². The second-order valence-corrected chi connectivity index (χ2v) is 9.08. The summed E-state index contributed by atoms with van der Waals surface area (Å²) in [6.45, 7) is 2.48. The standard InChI is InChI=1S/C31H31N7O2/c1-4-5-22-40-31(39)23-6-8-24(9-7-23)32-33-25-10-12-26(13-11-25)34-35-27-14-16-28(17-15-27)36-37-29-18-20-30(21-19-29)38(2)3/h6-21H,4-5,22H2,1-3H3. The van der Waals surface area contributed by atoms with E-state index in [0.717, 1.165) is 29.9 Å². The van der Waals surface area contributed by atoms with E-state index in [1.54, 1.807) is 24.3 Å². The summed E-state index contributed by atoms with van der Waals surface area (Å²) < 4.78 is 5.22. The largest absolute Gasteiger partial charge is 0.462 e. The highest BCUT2D eigenvalue weighted by Crippen LogP contribution is 2.26. The number of carbonyl (C=O) groups excluding carboxylic acids is 1. The number of hydrogen-bond acceptors (Lipinski definition) is 9. The van der Waals surface area contributed by atoms with Gasteiger partial charge in [-0.25, -0.2) is 4.79 Å². The lowest BCUT2D eigenvalue weighted by Gasteiger charge is -2.11. The van der Waals surface area contributed by atoms with Crippen molar-refractivity contribution >= 4 is 45.8 Å². The number of unbranched alkanes of at least 4 members (excludes halogenated alkanes) is 1. The summed E-state index contributed by atoms with van der Waals surface area (Å²) >= 11 is 0. The van der Waals surface area contributed by atoms with Crippen LogP contribution in [0.5, 0.6) is 0 Å². The second kappa shape index (κ2) is 14.2. The Morgan fingerprint density at radius 3 is 1.23 bits per heavy atom. The molecule has 0 aliphatic rings. The smallest absolute Gasteiger partial charge is 0.338 e. The molecule has 0 aliphatic carbocycles. The first-order valence-corrected chi connectivity index (χ1v) is 13.0. The number of rotatable bonds is 11. The summed E-state index contributed by atoms with van der Waals surface area (Å²) in [5.74, 6) is -0.329. The molecule has 40 heavy (non-hydrogen) atoms. The van der Waals surface area contributed by atoms with Crippen molar-refractivity contribution in [2.75, 3.05) is 25.6 Å². The van der Waals surface area contributed by atoms with E-state index < -0.39 is 0 Å². The van der Waals surface area contributed by atoms with E-state index >= 15 is 0 Å². The fourth-order valence-corrected chi connectivity index (χ4v) is 3.39. The van der Waals surface area contributed by atoms with E-state index in [9.17, 15) is 4.79 Å². The Labute approximate surface area is 234 Å². The van der Waals surface area contributed by atoms with Crippen molar-refractivity contribution in [3.05, 3.63) is 103 Å². The van der Waals surface area contributed by atoms with Crippen LogP contribution in [-0.2, 0) is 4.74 Å². The van der Waals surface area contributed by atoms with Crippen molar-refractivity contribution < 1.29 is 9.53 Å². The minimum atomic E-state index is -0.329. The van der Waals surface area contributed by atoms with Gasteiger partial charge in [-0.1, -0.05) is 13.3 Å². The maximum atomic E-state index is 12.0. The number of hydrogen-bond donors (Lipinski definition) is 0. The van der Waals surface area contributed by atoms with Gasteiger partial charge in [-0.05, 0) is 103 Å². The third kappa shape index (κ3) is 8.49. The molecule has 4 aromatic rings. The molecule has 0 saturated carbocycles. The Bertz CT molecular complexity index is 1460. The van der Waals surface area contributed by atoms with Crippen molar-refractivity contribution in [2.24, 2.45) is 30.7 Å². The Morgan fingerprint density at radius 2 is 0.900 bits per heavy atom. The molecular weight excluding hydrogens is 502 g/mol. The monoisotopic (exact) mass is 533 g/mol. The highest BCUT2D eigenvalue weighted by molar-refractivity contribution is 5.89. The lowest BCUT2D eigenvalue weighted by atomic mass is 10.2. The summed E-state index contributed by atoms with van der Waals surface area (Å²) in [6, 6.07) is 29.3. The number of esters is 1. The highest BCUT2D eigenvalue weighted by Gasteiger charge is 2.06. The Kier molecular flexibility index (Phi) is 9.93. The molecule has 0 saturated heterocycles. The van der Waals surface area contributed by atoms with Crippen LogP contribution in [0, 0.1) is 0 Å².